The van der Waals surface area contributed by atoms with E-state index in [0.29, 0.717) is 21.4 Å². The summed E-state index contributed by atoms with van der Waals surface area (Å²) in [5.74, 6) is -0.0497. The van der Waals surface area contributed by atoms with E-state index in [4.69, 9.17) is 16.9 Å². The maximum Gasteiger partial charge on any atom is 0.234 e. The lowest BCUT2D eigenvalue weighted by molar-refractivity contribution is -0.113. The van der Waals surface area contributed by atoms with Crippen molar-refractivity contribution < 1.29 is 4.79 Å². The Bertz CT molecular complexity index is 961. The summed E-state index contributed by atoms with van der Waals surface area (Å²) >= 11 is 7.21. The maximum atomic E-state index is 12.1. The van der Waals surface area contributed by atoms with Crippen LogP contribution >= 0.6 is 23.4 Å². The van der Waals surface area contributed by atoms with Crippen LogP contribution in [0.3, 0.4) is 0 Å². The Kier molecular flexibility index (Phi) is 4.74. The van der Waals surface area contributed by atoms with Crippen LogP contribution in [0.5, 0.6) is 0 Å². The Morgan fingerprint density at radius 1 is 1.38 bits per heavy atom. The van der Waals surface area contributed by atoms with Crippen molar-refractivity contribution in [2.45, 2.75) is 12.1 Å². The Balaban J connectivity index is 1.67. The zero-order chi connectivity index (χ0) is 17.1. The van der Waals surface area contributed by atoms with E-state index < -0.39 is 0 Å². The minimum absolute atomic E-state index is 0.177. The molecule has 0 spiro atoms. The molecule has 3 aromatic rings. The molecule has 24 heavy (non-hydrogen) atoms. The lowest BCUT2D eigenvalue weighted by Crippen LogP contribution is -2.15. The highest BCUT2D eigenvalue weighted by Gasteiger charge is 2.10. The number of rotatable bonds is 4. The molecule has 0 saturated carbocycles. The highest BCUT2D eigenvalue weighted by Crippen LogP contribution is 2.23. The number of aromatic amines is 1. The van der Waals surface area contributed by atoms with Gasteiger partial charge in [-0.2, -0.15) is 5.26 Å². The zero-order valence-corrected chi connectivity index (χ0v) is 14.3. The number of anilines is 1. The van der Waals surface area contributed by atoms with Gasteiger partial charge in [0.1, 0.15) is 6.07 Å². The first-order chi connectivity index (χ1) is 11.5. The van der Waals surface area contributed by atoms with Crippen molar-refractivity contribution in [1.82, 2.24) is 9.97 Å². The molecule has 2 aromatic carbocycles. The summed E-state index contributed by atoms with van der Waals surface area (Å²) < 4.78 is 0. The van der Waals surface area contributed by atoms with Crippen LogP contribution in [0.25, 0.3) is 11.0 Å². The van der Waals surface area contributed by atoms with Gasteiger partial charge in [0, 0.05) is 5.02 Å². The SMILES string of the molecule is Cc1ccc2nc(SCC(=O)Nc3cc(Cl)ccc3C#N)[nH]c2c1. The van der Waals surface area contributed by atoms with Gasteiger partial charge in [0.05, 0.1) is 28.0 Å². The fourth-order valence-electron chi connectivity index (χ4n) is 2.21. The van der Waals surface area contributed by atoms with Crippen LogP contribution in [0.15, 0.2) is 41.6 Å². The molecule has 0 aliphatic heterocycles. The number of carbonyl (C=O) groups is 1. The lowest BCUT2D eigenvalue weighted by Gasteiger charge is -2.06. The number of aromatic nitrogens is 2. The summed E-state index contributed by atoms with van der Waals surface area (Å²) in [4.78, 5) is 19.7. The number of thioether (sulfide) groups is 1. The quantitative estimate of drug-likeness (QED) is 0.689. The number of benzene rings is 2. The number of H-pyrrole nitrogens is 1. The second-order valence-electron chi connectivity index (χ2n) is 5.20. The molecule has 0 fully saturated rings. The van der Waals surface area contributed by atoms with E-state index in [-0.39, 0.29) is 11.7 Å². The summed E-state index contributed by atoms with van der Waals surface area (Å²) in [6, 6.07) is 12.7. The molecule has 5 nitrogen and oxygen atoms in total. The second-order valence-corrected chi connectivity index (χ2v) is 6.60. The van der Waals surface area contributed by atoms with Crippen LogP contribution in [0.1, 0.15) is 11.1 Å². The summed E-state index contributed by atoms with van der Waals surface area (Å²) in [5, 5.41) is 12.9. The number of nitriles is 1. The first kappa shape index (κ1) is 16.4. The molecule has 0 radical (unpaired) electrons. The number of amides is 1. The first-order valence-corrected chi connectivity index (χ1v) is 8.50. The van der Waals surface area contributed by atoms with Gasteiger partial charge in [-0.15, -0.1) is 0 Å². The molecular weight excluding hydrogens is 344 g/mol. The number of halogens is 1. The fraction of sp³-hybridized carbons (Fsp3) is 0.118. The maximum absolute atomic E-state index is 12.1. The predicted molar refractivity (Wildman–Crippen MR) is 96.4 cm³/mol. The van der Waals surface area contributed by atoms with E-state index in [1.807, 2.05) is 31.2 Å². The van der Waals surface area contributed by atoms with Crippen LogP contribution in [0.4, 0.5) is 5.69 Å². The molecule has 0 atom stereocenters. The van der Waals surface area contributed by atoms with E-state index in [1.54, 1.807) is 18.2 Å². The van der Waals surface area contributed by atoms with Gasteiger partial charge in [-0.05, 0) is 42.8 Å². The highest BCUT2D eigenvalue weighted by molar-refractivity contribution is 7.99. The molecule has 3 rings (SSSR count). The number of hydrogen-bond donors (Lipinski definition) is 2. The molecule has 1 amide bonds. The number of nitrogens with one attached hydrogen (secondary N) is 2. The lowest BCUT2D eigenvalue weighted by atomic mass is 10.2. The third-order valence-electron chi connectivity index (χ3n) is 3.33. The third kappa shape index (κ3) is 3.70. The fourth-order valence-corrected chi connectivity index (χ4v) is 3.06. The van der Waals surface area contributed by atoms with Gasteiger partial charge in [-0.3, -0.25) is 4.79 Å². The largest absolute Gasteiger partial charge is 0.333 e. The van der Waals surface area contributed by atoms with Gasteiger partial charge in [0.25, 0.3) is 0 Å². The highest BCUT2D eigenvalue weighted by atomic mass is 35.5. The van der Waals surface area contributed by atoms with Crippen molar-refractivity contribution in [2.75, 3.05) is 11.1 Å². The summed E-state index contributed by atoms with van der Waals surface area (Å²) in [6.45, 7) is 2.01. The Hall–Kier alpha value is -2.49. The van der Waals surface area contributed by atoms with Gasteiger partial charge in [-0.25, -0.2) is 4.98 Å². The molecule has 2 N–H and O–H groups in total. The summed E-state index contributed by atoms with van der Waals surface area (Å²) in [5.41, 5.74) is 3.74. The number of aryl methyl sites for hydroxylation is 1. The van der Waals surface area contributed by atoms with Crippen LogP contribution in [0, 0.1) is 18.3 Å². The van der Waals surface area contributed by atoms with Crippen molar-refractivity contribution in [3.63, 3.8) is 0 Å². The number of nitrogens with zero attached hydrogens (tertiary/aromatic N) is 2. The average molecular weight is 357 g/mol. The van der Waals surface area contributed by atoms with Gasteiger partial charge < -0.3 is 10.3 Å². The number of carbonyl (C=O) groups excluding carboxylic acids is 1. The number of fused-ring (bicyclic) bond motifs is 1. The molecular formula is C17H13ClN4OS. The van der Waals surface area contributed by atoms with E-state index >= 15 is 0 Å². The number of imidazole rings is 1. The van der Waals surface area contributed by atoms with E-state index in [9.17, 15) is 4.79 Å². The van der Waals surface area contributed by atoms with Crippen molar-refractivity contribution in [1.29, 1.82) is 5.26 Å². The monoisotopic (exact) mass is 356 g/mol. The molecule has 1 aromatic heterocycles. The Morgan fingerprint density at radius 3 is 3.00 bits per heavy atom. The van der Waals surface area contributed by atoms with Gasteiger partial charge in [0.15, 0.2) is 5.16 Å². The minimum atomic E-state index is -0.226. The third-order valence-corrected chi connectivity index (χ3v) is 4.44. The summed E-state index contributed by atoms with van der Waals surface area (Å²) in [6.07, 6.45) is 0. The average Bonchev–Trinajstić information content (AvgIpc) is 2.95. The van der Waals surface area contributed by atoms with Crippen LogP contribution < -0.4 is 5.32 Å². The molecule has 0 bridgehead atoms. The molecule has 7 heteroatoms. The van der Waals surface area contributed by atoms with E-state index in [0.717, 1.165) is 16.6 Å². The van der Waals surface area contributed by atoms with Gasteiger partial charge in [0.2, 0.25) is 5.91 Å². The molecule has 0 unspecified atom stereocenters. The standard InChI is InChI=1S/C17H13ClN4OS/c1-10-2-5-13-15(6-10)22-17(21-13)24-9-16(23)20-14-7-12(18)4-3-11(14)8-19/h2-7H,9H2,1H3,(H,20,23)(H,21,22). The van der Waals surface area contributed by atoms with Crippen molar-refractivity contribution in [3.8, 4) is 6.07 Å². The van der Waals surface area contributed by atoms with Crippen LogP contribution in [0.2, 0.25) is 5.02 Å². The predicted octanol–water partition coefficient (Wildman–Crippen LogP) is 4.13. The normalized spacial score (nSPS) is 10.5. The smallest absolute Gasteiger partial charge is 0.234 e. The van der Waals surface area contributed by atoms with Gasteiger partial charge in [-0.1, -0.05) is 29.4 Å². The second kappa shape index (κ2) is 6.95. The molecule has 120 valence electrons. The van der Waals surface area contributed by atoms with Crippen molar-refractivity contribution in [2.24, 2.45) is 0 Å². The zero-order valence-electron chi connectivity index (χ0n) is 12.8. The van der Waals surface area contributed by atoms with E-state index in [1.165, 1.54) is 11.8 Å². The van der Waals surface area contributed by atoms with E-state index in [2.05, 4.69) is 15.3 Å². The van der Waals surface area contributed by atoms with Crippen LogP contribution in [-0.4, -0.2) is 21.6 Å². The topological polar surface area (TPSA) is 81.6 Å². The molecule has 0 saturated heterocycles. The number of hydrogen-bond acceptors (Lipinski definition) is 4. The first-order valence-electron chi connectivity index (χ1n) is 7.14. The minimum Gasteiger partial charge on any atom is -0.333 e. The summed E-state index contributed by atoms with van der Waals surface area (Å²) in [7, 11) is 0. The van der Waals surface area contributed by atoms with Crippen molar-refractivity contribution >= 4 is 46.0 Å². The van der Waals surface area contributed by atoms with Crippen molar-refractivity contribution in [3.05, 3.63) is 52.5 Å². The van der Waals surface area contributed by atoms with Crippen LogP contribution in [-0.2, 0) is 4.79 Å². The molecule has 0 aliphatic carbocycles. The molecule has 1 heterocycles. The van der Waals surface area contributed by atoms with Gasteiger partial charge >= 0.3 is 0 Å². The molecule has 0 aliphatic rings. The Morgan fingerprint density at radius 2 is 2.21 bits per heavy atom. The Labute approximate surface area is 148 Å².